The smallest absolute Gasteiger partial charge is 0.249 e. The number of nitrogens with zero attached hydrogens (tertiary/aromatic N) is 5. The van der Waals surface area contributed by atoms with Crippen molar-refractivity contribution in [3.63, 3.8) is 0 Å². The minimum Gasteiger partial charge on any atom is -0.360 e. The van der Waals surface area contributed by atoms with Gasteiger partial charge < -0.3 is 9.84 Å². The van der Waals surface area contributed by atoms with E-state index in [0.29, 0.717) is 41.7 Å². The maximum Gasteiger partial charge on any atom is 0.249 e. The molecule has 0 aromatic carbocycles. The molecule has 1 saturated heterocycles. The molecular weight excluding hydrogens is 392 g/mol. The van der Waals surface area contributed by atoms with E-state index in [1.165, 1.54) is 4.31 Å². The molecule has 3 aromatic heterocycles. The molecule has 1 aliphatic rings. The van der Waals surface area contributed by atoms with Crippen LogP contribution in [0.15, 0.2) is 40.0 Å². The lowest BCUT2D eigenvalue weighted by Gasteiger charge is -2.23. The van der Waals surface area contributed by atoms with Gasteiger partial charge in [-0.25, -0.2) is 18.4 Å². The molecular formula is C19H22N6O3S. The Hall–Kier alpha value is -2.85. The zero-order chi connectivity index (χ0) is 20.6. The zero-order valence-electron chi connectivity index (χ0n) is 16.5. The molecule has 1 fully saturated rings. The van der Waals surface area contributed by atoms with Crippen molar-refractivity contribution in [2.45, 2.75) is 44.6 Å². The van der Waals surface area contributed by atoms with Gasteiger partial charge >= 0.3 is 0 Å². The van der Waals surface area contributed by atoms with E-state index in [-0.39, 0.29) is 4.90 Å². The van der Waals surface area contributed by atoms with E-state index in [2.05, 4.69) is 25.4 Å². The average Bonchev–Trinajstić information content (AvgIpc) is 3.29. The van der Waals surface area contributed by atoms with Crippen LogP contribution in [0, 0.1) is 20.8 Å². The van der Waals surface area contributed by atoms with Crippen LogP contribution in [0.5, 0.6) is 0 Å². The second-order valence-electron chi connectivity index (χ2n) is 7.05. The number of aryl methyl sites for hydroxylation is 3. The van der Waals surface area contributed by atoms with E-state index in [1.807, 2.05) is 25.1 Å². The Labute approximate surface area is 169 Å². The Morgan fingerprint density at radius 2 is 1.97 bits per heavy atom. The molecule has 0 amide bonds. The normalized spacial score (nSPS) is 17.6. The van der Waals surface area contributed by atoms with Crippen LogP contribution >= 0.6 is 0 Å². The van der Waals surface area contributed by atoms with E-state index in [1.54, 1.807) is 26.2 Å². The number of rotatable bonds is 5. The summed E-state index contributed by atoms with van der Waals surface area (Å²) in [6.07, 6.45) is 4.62. The fraction of sp³-hybridized carbons (Fsp3) is 0.368. The third kappa shape index (κ3) is 3.73. The van der Waals surface area contributed by atoms with Gasteiger partial charge in [-0.3, -0.25) is 4.98 Å². The highest BCUT2D eigenvalue weighted by molar-refractivity contribution is 7.89. The van der Waals surface area contributed by atoms with E-state index in [9.17, 15) is 8.42 Å². The first-order valence-corrected chi connectivity index (χ1v) is 10.8. The van der Waals surface area contributed by atoms with Crippen LogP contribution in [0.25, 0.3) is 0 Å². The molecule has 29 heavy (non-hydrogen) atoms. The van der Waals surface area contributed by atoms with Gasteiger partial charge in [-0.15, -0.1) is 0 Å². The Morgan fingerprint density at radius 1 is 1.14 bits per heavy atom. The summed E-state index contributed by atoms with van der Waals surface area (Å²) in [4.78, 5) is 13.4. The molecule has 4 rings (SSSR count). The molecule has 0 saturated carbocycles. The van der Waals surface area contributed by atoms with Crippen LogP contribution in [-0.4, -0.2) is 39.4 Å². The fourth-order valence-electron chi connectivity index (χ4n) is 3.63. The topological polar surface area (TPSA) is 114 Å². The number of anilines is 2. The molecule has 3 aromatic rings. The molecule has 1 unspecified atom stereocenters. The van der Waals surface area contributed by atoms with Crippen molar-refractivity contribution in [3.05, 3.63) is 53.4 Å². The Balaban J connectivity index is 1.64. The monoisotopic (exact) mass is 414 g/mol. The number of hydrogen-bond acceptors (Lipinski definition) is 8. The first-order valence-electron chi connectivity index (χ1n) is 9.33. The van der Waals surface area contributed by atoms with Crippen LogP contribution < -0.4 is 5.32 Å². The summed E-state index contributed by atoms with van der Waals surface area (Å²) in [5.41, 5.74) is 1.84. The van der Waals surface area contributed by atoms with Crippen molar-refractivity contribution in [2.24, 2.45) is 0 Å². The van der Waals surface area contributed by atoms with Crippen molar-refractivity contribution in [2.75, 3.05) is 11.9 Å². The number of pyridine rings is 1. The first kappa shape index (κ1) is 19.5. The van der Waals surface area contributed by atoms with Crippen LogP contribution in [0.4, 0.5) is 11.6 Å². The number of aromatic nitrogens is 4. The van der Waals surface area contributed by atoms with Crippen LogP contribution in [0.2, 0.25) is 0 Å². The van der Waals surface area contributed by atoms with Gasteiger partial charge in [0.2, 0.25) is 10.0 Å². The lowest BCUT2D eigenvalue weighted by molar-refractivity contribution is 0.381. The summed E-state index contributed by atoms with van der Waals surface area (Å²) in [6, 6.07) is 5.25. The van der Waals surface area contributed by atoms with Gasteiger partial charge in [-0.2, -0.15) is 4.31 Å². The average molecular weight is 414 g/mol. The second kappa shape index (κ2) is 7.53. The van der Waals surface area contributed by atoms with Gasteiger partial charge in [-0.05, 0) is 45.7 Å². The minimum absolute atomic E-state index is 0.135. The minimum atomic E-state index is -3.75. The van der Waals surface area contributed by atoms with Crippen LogP contribution in [-0.2, 0) is 10.0 Å². The number of hydrogen-bond donors (Lipinski definition) is 1. The first-order chi connectivity index (χ1) is 13.9. The highest BCUT2D eigenvalue weighted by Crippen LogP contribution is 2.37. The summed E-state index contributed by atoms with van der Waals surface area (Å²) < 4.78 is 33.1. The Kier molecular flexibility index (Phi) is 5.05. The predicted octanol–water partition coefficient (Wildman–Crippen LogP) is 3.05. The lowest BCUT2D eigenvalue weighted by Crippen LogP contribution is -2.31. The van der Waals surface area contributed by atoms with Crippen molar-refractivity contribution < 1.29 is 12.9 Å². The van der Waals surface area contributed by atoms with Gasteiger partial charge in [0.1, 0.15) is 22.2 Å². The molecule has 0 spiro atoms. The van der Waals surface area contributed by atoms with E-state index in [4.69, 9.17) is 4.52 Å². The largest absolute Gasteiger partial charge is 0.360 e. The standard InChI is InChI=1S/C19H22N6O3S/c1-12-6-4-8-17(21-12)23-18-11-20-10-15(22-18)16-7-5-9-25(16)29(26,27)19-13(2)24-28-14(19)3/h4,6,8,10-11,16H,5,7,9H2,1-3H3,(H,21,22,23). The molecule has 1 aliphatic heterocycles. The molecule has 152 valence electrons. The third-order valence-corrected chi connectivity index (χ3v) is 7.03. The maximum absolute atomic E-state index is 13.3. The van der Waals surface area contributed by atoms with E-state index >= 15 is 0 Å². The summed E-state index contributed by atoms with van der Waals surface area (Å²) in [6.45, 7) is 5.56. The highest BCUT2D eigenvalue weighted by Gasteiger charge is 2.40. The quantitative estimate of drug-likeness (QED) is 0.677. The van der Waals surface area contributed by atoms with Gasteiger partial charge in [-0.1, -0.05) is 11.2 Å². The van der Waals surface area contributed by atoms with Gasteiger partial charge in [0.05, 0.1) is 24.1 Å². The molecule has 0 radical (unpaired) electrons. The Morgan fingerprint density at radius 3 is 2.69 bits per heavy atom. The van der Waals surface area contributed by atoms with Gasteiger partial charge in [0.15, 0.2) is 5.76 Å². The van der Waals surface area contributed by atoms with Crippen LogP contribution in [0.1, 0.15) is 41.7 Å². The summed E-state index contributed by atoms with van der Waals surface area (Å²) >= 11 is 0. The number of sulfonamides is 1. The third-order valence-electron chi connectivity index (χ3n) is 4.88. The van der Waals surface area contributed by atoms with Crippen LogP contribution in [0.3, 0.4) is 0 Å². The predicted molar refractivity (Wildman–Crippen MR) is 106 cm³/mol. The molecule has 1 N–H and O–H groups in total. The molecule has 0 aliphatic carbocycles. The van der Waals surface area contributed by atoms with Gasteiger partial charge in [0, 0.05) is 12.2 Å². The van der Waals surface area contributed by atoms with Crippen molar-refractivity contribution in [1.29, 1.82) is 0 Å². The van der Waals surface area contributed by atoms with Crippen molar-refractivity contribution in [1.82, 2.24) is 24.4 Å². The summed E-state index contributed by atoms with van der Waals surface area (Å²) in [5, 5.41) is 6.92. The Bertz CT molecular complexity index is 1120. The van der Waals surface area contributed by atoms with Gasteiger partial charge in [0.25, 0.3) is 0 Å². The lowest BCUT2D eigenvalue weighted by atomic mass is 10.2. The molecule has 1 atom stereocenters. The van der Waals surface area contributed by atoms with E-state index < -0.39 is 16.1 Å². The zero-order valence-corrected chi connectivity index (χ0v) is 17.3. The molecule has 9 nitrogen and oxygen atoms in total. The number of nitrogens with one attached hydrogen (secondary N) is 1. The summed E-state index contributed by atoms with van der Waals surface area (Å²) in [5.74, 6) is 1.46. The molecule has 4 heterocycles. The maximum atomic E-state index is 13.3. The van der Waals surface area contributed by atoms with Crippen molar-refractivity contribution in [3.8, 4) is 0 Å². The van der Waals surface area contributed by atoms with E-state index in [0.717, 1.165) is 12.1 Å². The molecule has 0 bridgehead atoms. The second-order valence-corrected chi connectivity index (χ2v) is 8.87. The SMILES string of the molecule is Cc1cccc(Nc2cncc(C3CCCN3S(=O)(=O)c3c(C)noc3C)n2)n1. The highest BCUT2D eigenvalue weighted by atomic mass is 32.2. The summed E-state index contributed by atoms with van der Waals surface area (Å²) in [7, 11) is -3.75. The fourth-order valence-corrected chi connectivity index (χ4v) is 5.59. The molecule has 10 heteroatoms. The van der Waals surface area contributed by atoms with Crippen molar-refractivity contribution >= 4 is 21.7 Å².